The molecule has 2 aromatic rings. The first-order valence-corrected chi connectivity index (χ1v) is 7.56. The largest absolute Gasteiger partial charge is 0.351 e. The van der Waals surface area contributed by atoms with Crippen molar-refractivity contribution in [3.63, 3.8) is 0 Å². The Balaban J connectivity index is 1.65. The smallest absolute Gasteiger partial charge is 0.251 e. The Hall–Kier alpha value is -1.61. The van der Waals surface area contributed by atoms with Crippen LogP contribution in [0.4, 0.5) is 0 Å². The number of carbonyl (C=O) groups is 1. The van der Waals surface area contributed by atoms with Crippen molar-refractivity contribution >= 4 is 21.8 Å². The van der Waals surface area contributed by atoms with Crippen molar-refractivity contribution in [1.29, 1.82) is 0 Å². The van der Waals surface area contributed by atoms with Gasteiger partial charge in [0.25, 0.3) is 5.91 Å². The highest BCUT2D eigenvalue weighted by molar-refractivity contribution is 9.10. The molecular formula is C17H16BrNO. The van der Waals surface area contributed by atoms with E-state index in [0.29, 0.717) is 12.5 Å². The van der Waals surface area contributed by atoms with Crippen molar-refractivity contribution in [1.82, 2.24) is 5.32 Å². The first kappa shape index (κ1) is 13.4. The fourth-order valence-corrected chi connectivity index (χ4v) is 3.06. The number of rotatable bonds is 3. The van der Waals surface area contributed by atoms with Crippen molar-refractivity contribution in [2.24, 2.45) is 0 Å². The molecule has 0 bridgehead atoms. The molecule has 1 atom stereocenters. The molecule has 0 aliphatic heterocycles. The second-order valence-corrected chi connectivity index (χ2v) is 6.18. The van der Waals surface area contributed by atoms with Gasteiger partial charge in [0.15, 0.2) is 0 Å². The first-order chi connectivity index (χ1) is 9.65. The molecule has 0 spiro atoms. The summed E-state index contributed by atoms with van der Waals surface area (Å²) in [6.07, 6.45) is 1.06. The van der Waals surface area contributed by atoms with Gasteiger partial charge < -0.3 is 5.32 Å². The molecule has 0 heterocycles. The standard InChI is InChI=1S/C17H16BrNO/c1-11-6-7-14(18)9-16(11)17(20)19-10-13-8-12-4-2-3-5-15(12)13/h2-7,9,13H,8,10H2,1H3,(H,19,20). The maximum atomic E-state index is 12.2. The number of fused-ring (bicyclic) bond motifs is 1. The Morgan fingerprint density at radius 2 is 2.10 bits per heavy atom. The van der Waals surface area contributed by atoms with Crippen molar-refractivity contribution in [2.75, 3.05) is 6.54 Å². The van der Waals surface area contributed by atoms with Crippen LogP contribution in [0.1, 0.15) is 33.0 Å². The number of aryl methyl sites for hydroxylation is 1. The zero-order valence-electron chi connectivity index (χ0n) is 11.3. The Kier molecular flexibility index (Phi) is 3.62. The fraction of sp³-hybridized carbons (Fsp3) is 0.235. The molecule has 20 heavy (non-hydrogen) atoms. The van der Waals surface area contributed by atoms with E-state index in [1.165, 1.54) is 11.1 Å². The van der Waals surface area contributed by atoms with Gasteiger partial charge in [-0.1, -0.05) is 46.3 Å². The van der Waals surface area contributed by atoms with Gasteiger partial charge in [-0.15, -0.1) is 0 Å². The van der Waals surface area contributed by atoms with Gasteiger partial charge >= 0.3 is 0 Å². The highest BCUT2D eigenvalue weighted by Gasteiger charge is 2.25. The molecule has 0 radical (unpaired) electrons. The van der Waals surface area contributed by atoms with E-state index in [9.17, 15) is 4.79 Å². The monoisotopic (exact) mass is 329 g/mol. The third kappa shape index (κ3) is 2.50. The van der Waals surface area contributed by atoms with E-state index in [2.05, 4.69) is 45.5 Å². The van der Waals surface area contributed by atoms with Crippen LogP contribution < -0.4 is 5.32 Å². The van der Waals surface area contributed by atoms with Gasteiger partial charge in [0.05, 0.1) is 0 Å². The molecule has 1 aliphatic rings. The van der Waals surface area contributed by atoms with Crippen molar-refractivity contribution in [3.05, 3.63) is 69.2 Å². The minimum atomic E-state index is 0.00758. The van der Waals surface area contributed by atoms with Gasteiger partial charge in [-0.3, -0.25) is 4.79 Å². The molecule has 0 saturated heterocycles. The molecule has 1 aliphatic carbocycles. The number of hydrogen-bond donors (Lipinski definition) is 1. The summed E-state index contributed by atoms with van der Waals surface area (Å²) >= 11 is 3.41. The van der Waals surface area contributed by atoms with Crippen molar-refractivity contribution in [2.45, 2.75) is 19.3 Å². The third-order valence-corrected chi connectivity index (χ3v) is 4.41. The Morgan fingerprint density at radius 3 is 2.90 bits per heavy atom. The van der Waals surface area contributed by atoms with Gasteiger partial charge in [-0.25, -0.2) is 0 Å². The van der Waals surface area contributed by atoms with Crippen LogP contribution in [0.3, 0.4) is 0 Å². The van der Waals surface area contributed by atoms with Gasteiger partial charge in [0, 0.05) is 22.5 Å². The van der Waals surface area contributed by atoms with E-state index in [-0.39, 0.29) is 5.91 Å². The van der Waals surface area contributed by atoms with Gasteiger partial charge in [0.2, 0.25) is 0 Å². The van der Waals surface area contributed by atoms with Crippen LogP contribution >= 0.6 is 15.9 Å². The lowest BCUT2D eigenvalue weighted by atomic mass is 9.77. The molecule has 0 aromatic heterocycles. The summed E-state index contributed by atoms with van der Waals surface area (Å²) in [4.78, 5) is 12.2. The summed E-state index contributed by atoms with van der Waals surface area (Å²) in [7, 11) is 0. The predicted molar refractivity (Wildman–Crippen MR) is 84.1 cm³/mol. The molecule has 2 aromatic carbocycles. The van der Waals surface area contributed by atoms with E-state index in [1.807, 2.05) is 25.1 Å². The van der Waals surface area contributed by atoms with E-state index in [0.717, 1.165) is 22.0 Å². The quantitative estimate of drug-likeness (QED) is 0.911. The minimum absolute atomic E-state index is 0.00758. The van der Waals surface area contributed by atoms with Crippen LogP contribution in [0.25, 0.3) is 0 Å². The summed E-state index contributed by atoms with van der Waals surface area (Å²) in [5.41, 5.74) is 4.52. The van der Waals surface area contributed by atoms with E-state index in [4.69, 9.17) is 0 Å². The number of nitrogens with one attached hydrogen (secondary N) is 1. The second-order valence-electron chi connectivity index (χ2n) is 5.27. The highest BCUT2D eigenvalue weighted by atomic mass is 79.9. The first-order valence-electron chi connectivity index (χ1n) is 6.77. The SMILES string of the molecule is Cc1ccc(Br)cc1C(=O)NCC1Cc2ccccc21. The average molecular weight is 330 g/mol. The number of halogens is 1. The zero-order valence-corrected chi connectivity index (χ0v) is 12.9. The molecule has 0 fully saturated rings. The highest BCUT2D eigenvalue weighted by Crippen LogP contribution is 2.34. The van der Waals surface area contributed by atoms with Crippen LogP contribution in [0.5, 0.6) is 0 Å². The minimum Gasteiger partial charge on any atom is -0.351 e. The molecule has 1 amide bonds. The maximum absolute atomic E-state index is 12.2. The molecule has 3 heteroatoms. The average Bonchev–Trinajstić information content (AvgIpc) is 2.42. The Labute approximate surface area is 127 Å². The predicted octanol–water partition coefficient (Wildman–Crippen LogP) is 3.83. The molecule has 1 N–H and O–H groups in total. The lowest BCUT2D eigenvalue weighted by Gasteiger charge is -2.30. The van der Waals surface area contributed by atoms with Crippen LogP contribution in [-0.2, 0) is 6.42 Å². The summed E-state index contributed by atoms with van der Waals surface area (Å²) < 4.78 is 0.933. The topological polar surface area (TPSA) is 29.1 Å². The molecule has 102 valence electrons. The lowest BCUT2D eigenvalue weighted by Crippen LogP contribution is -2.33. The summed E-state index contributed by atoms with van der Waals surface area (Å²) in [5.74, 6) is 0.468. The fourth-order valence-electron chi connectivity index (χ4n) is 2.69. The van der Waals surface area contributed by atoms with E-state index < -0.39 is 0 Å². The molecule has 1 unspecified atom stereocenters. The van der Waals surface area contributed by atoms with Crippen LogP contribution in [0.2, 0.25) is 0 Å². The number of amides is 1. The van der Waals surface area contributed by atoms with Crippen LogP contribution in [0.15, 0.2) is 46.9 Å². The summed E-state index contributed by atoms with van der Waals surface area (Å²) in [5, 5.41) is 3.05. The second kappa shape index (κ2) is 5.41. The molecule has 3 rings (SSSR count). The van der Waals surface area contributed by atoms with E-state index >= 15 is 0 Å². The molecular weight excluding hydrogens is 314 g/mol. The number of carbonyl (C=O) groups excluding carboxylic acids is 1. The number of benzene rings is 2. The summed E-state index contributed by atoms with van der Waals surface area (Å²) in [6.45, 7) is 2.67. The molecule has 2 nitrogen and oxygen atoms in total. The van der Waals surface area contributed by atoms with Gasteiger partial charge in [-0.05, 0) is 42.2 Å². The van der Waals surface area contributed by atoms with Crippen LogP contribution in [-0.4, -0.2) is 12.5 Å². The van der Waals surface area contributed by atoms with Crippen molar-refractivity contribution in [3.8, 4) is 0 Å². The van der Waals surface area contributed by atoms with Gasteiger partial charge in [-0.2, -0.15) is 0 Å². The lowest BCUT2D eigenvalue weighted by molar-refractivity contribution is 0.0949. The summed E-state index contributed by atoms with van der Waals surface area (Å²) in [6, 6.07) is 14.2. The van der Waals surface area contributed by atoms with Crippen LogP contribution in [0, 0.1) is 6.92 Å². The zero-order chi connectivity index (χ0) is 14.1. The van der Waals surface area contributed by atoms with Crippen molar-refractivity contribution < 1.29 is 4.79 Å². The normalized spacial score (nSPS) is 16.2. The maximum Gasteiger partial charge on any atom is 0.251 e. The third-order valence-electron chi connectivity index (χ3n) is 3.91. The Bertz CT molecular complexity index is 666. The van der Waals surface area contributed by atoms with Gasteiger partial charge in [0.1, 0.15) is 0 Å². The Morgan fingerprint density at radius 1 is 1.30 bits per heavy atom. The number of hydrogen-bond acceptors (Lipinski definition) is 1. The van der Waals surface area contributed by atoms with E-state index in [1.54, 1.807) is 0 Å². The molecule has 0 saturated carbocycles.